The first-order valence-corrected chi connectivity index (χ1v) is 9.77. The Labute approximate surface area is 165 Å². The summed E-state index contributed by atoms with van der Waals surface area (Å²) in [5.74, 6) is -0.171. The minimum absolute atomic E-state index is 0.171. The maximum atomic E-state index is 13.3. The zero-order valence-corrected chi connectivity index (χ0v) is 16.1. The van der Waals surface area contributed by atoms with Crippen LogP contribution in [-0.2, 0) is 11.3 Å². The van der Waals surface area contributed by atoms with Crippen LogP contribution in [0.2, 0.25) is 0 Å². The van der Waals surface area contributed by atoms with Crippen molar-refractivity contribution in [2.75, 3.05) is 18.0 Å². The van der Waals surface area contributed by atoms with Crippen molar-refractivity contribution in [2.24, 2.45) is 5.73 Å². The van der Waals surface area contributed by atoms with Gasteiger partial charge in [-0.05, 0) is 37.5 Å². The van der Waals surface area contributed by atoms with Gasteiger partial charge in [-0.1, -0.05) is 48.5 Å². The molecule has 2 N–H and O–H groups in total. The highest BCUT2D eigenvalue weighted by molar-refractivity contribution is 6.04. The molecule has 6 heteroatoms. The quantitative estimate of drug-likeness (QED) is 0.892. The van der Waals surface area contributed by atoms with E-state index in [1.807, 2.05) is 55.5 Å². The van der Waals surface area contributed by atoms with Gasteiger partial charge in [0.1, 0.15) is 11.7 Å². The number of anilines is 1. The van der Waals surface area contributed by atoms with Crippen molar-refractivity contribution in [1.82, 2.24) is 9.80 Å². The molecule has 2 aliphatic rings. The second-order valence-electron chi connectivity index (χ2n) is 7.64. The van der Waals surface area contributed by atoms with E-state index >= 15 is 0 Å². The van der Waals surface area contributed by atoms with Gasteiger partial charge in [0.05, 0.1) is 0 Å². The molecule has 28 heavy (non-hydrogen) atoms. The summed E-state index contributed by atoms with van der Waals surface area (Å²) in [5, 5.41) is 0. The molecular formula is C22H26N4O2. The first-order chi connectivity index (χ1) is 13.5. The fourth-order valence-electron chi connectivity index (χ4n) is 4.68. The lowest BCUT2D eigenvalue weighted by molar-refractivity contribution is -0.131. The van der Waals surface area contributed by atoms with E-state index < -0.39 is 17.7 Å². The molecule has 146 valence electrons. The van der Waals surface area contributed by atoms with E-state index in [-0.39, 0.29) is 5.91 Å². The number of urea groups is 1. The first kappa shape index (κ1) is 18.5. The number of carbonyl (C=O) groups excluding carboxylic acids is 2. The normalized spacial score (nSPS) is 22.0. The van der Waals surface area contributed by atoms with Gasteiger partial charge in [0.2, 0.25) is 0 Å². The maximum absolute atomic E-state index is 13.3. The van der Waals surface area contributed by atoms with E-state index in [2.05, 4.69) is 21.9 Å². The Morgan fingerprint density at radius 1 is 1.04 bits per heavy atom. The molecule has 0 bridgehead atoms. The molecule has 2 aliphatic heterocycles. The standard InChI is InChI=1S/C22H26N4O2/c1-17-25(21(23)28)20(27)22(26(17)19-10-6-3-7-11-19)12-14-24(15-13-22)16-18-8-4-2-5-9-18/h2-11,17H,12-16H2,1H3,(H2,23,28). The second kappa shape index (κ2) is 7.28. The molecule has 2 aromatic rings. The number of carbonyl (C=O) groups is 2. The Morgan fingerprint density at radius 3 is 2.18 bits per heavy atom. The van der Waals surface area contributed by atoms with Crippen LogP contribution in [0.25, 0.3) is 0 Å². The van der Waals surface area contributed by atoms with Gasteiger partial charge in [-0.25, -0.2) is 9.69 Å². The number of para-hydroxylation sites is 1. The molecular weight excluding hydrogens is 352 g/mol. The number of benzene rings is 2. The number of piperidine rings is 1. The Hall–Kier alpha value is -2.86. The van der Waals surface area contributed by atoms with Gasteiger partial charge >= 0.3 is 6.03 Å². The molecule has 2 fully saturated rings. The number of rotatable bonds is 3. The fraction of sp³-hybridized carbons (Fsp3) is 0.364. The molecule has 4 rings (SSSR count). The molecule has 0 aromatic heterocycles. The van der Waals surface area contributed by atoms with Crippen molar-refractivity contribution in [3.63, 3.8) is 0 Å². The summed E-state index contributed by atoms with van der Waals surface area (Å²) in [5.41, 5.74) is 7.06. The van der Waals surface area contributed by atoms with Crippen molar-refractivity contribution >= 4 is 17.6 Å². The minimum Gasteiger partial charge on any atom is -0.351 e. The molecule has 0 radical (unpaired) electrons. The second-order valence-corrected chi connectivity index (χ2v) is 7.64. The van der Waals surface area contributed by atoms with Crippen molar-refractivity contribution in [3.8, 4) is 0 Å². The first-order valence-electron chi connectivity index (χ1n) is 9.77. The van der Waals surface area contributed by atoms with Gasteiger partial charge in [0.15, 0.2) is 0 Å². The smallest absolute Gasteiger partial charge is 0.323 e. The topological polar surface area (TPSA) is 69.9 Å². The third-order valence-electron chi connectivity index (χ3n) is 6.03. The van der Waals surface area contributed by atoms with Crippen LogP contribution in [0.4, 0.5) is 10.5 Å². The number of hydrogen-bond acceptors (Lipinski definition) is 4. The fourth-order valence-corrected chi connectivity index (χ4v) is 4.68. The monoisotopic (exact) mass is 378 g/mol. The molecule has 6 nitrogen and oxygen atoms in total. The minimum atomic E-state index is -0.719. The molecule has 0 aliphatic carbocycles. The summed E-state index contributed by atoms with van der Waals surface area (Å²) in [6, 6.07) is 19.5. The van der Waals surface area contributed by atoms with Gasteiger partial charge in [-0.2, -0.15) is 0 Å². The van der Waals surface area contributed by atoms with E-state index in [1.54, 1.807) is 0 Å². The molecule has 2 heterocycles. The molecule has 2 saturated heterocycles. The zero-order chi connectivity index (χ0) is 19.7. The van der Waals surface area contributed by atoms with E-state index in [9.17, 15) is 9.59 Å². The third kappa shape index (κ3) is 3.03. The van der Waals surface area contributed by atoms with Crippen molar-refractivity contribution in [2.45, 2.75) is 38.0 Å². The zero-order valence-electron chi connectivity index (χ0n) is 16.1. The summed E-state index contributed by atoms with van der Waals surface area (Å²) in [6.45, 7) is 4.33. The summed E-state index contributed by atoms with van der Waals surface area (Å²) in [6.07, 6.45) is 0.941. The Kier molecular flexibility index (Phi) is 4.81. The number of imide groups is 1. The Morgan fingerprint density at radius 2 is 1.61 bits per heavy atom. The van der Waals surface area contributed by atoms with Crippen molar-refractivity contribution < 1.29 is 9.59 Å². The highest BCUT2D eigenvalue weighted by Gasteiger charge is 2.58. The van der Waals surface area contributed by atoms with Crippen LogP contribution >= 0.6 is 0 Å². The van der Waals surface area contributed by atoms with Crippen LogP contribution in [0, 0.1) is 0 Å². The third-order valence-corrected chi connectivity index (χ3v) is 6.03. The van der Waals surface area contributed by atoms with Gasteiger partial charge in [0, 0.05) is 25.3 Å². The lowest BCUT2D eigenvalue weighted by Gasteiger charge is -2.44. The molecule has 1 unspecified atom stereocenters. The Bertz CT molecular complexity index is 847. The van der Waals surface area contributed by atoms with E-state index in [0.717, 1.165) is 25.3 Å². The van der Waals surface area contributed by atoms with E-state index in [1.165, 1.54) is 10.5 Å². The maximum Gasteiger partial charge on any atom is 0.323 e. The lowest BCUT2D eigenvalue weighted by atomic mass is 9.85. The van der Waals surface area contributed by atoms with Gasteiger partial charge in [-0.3, -0.25) is 9.69 Å². The number of nitrogens with two attached hydrogens (primary N) is 1. The number of amides is 3. The van der Waals surface area contributed by atoms with Gasteiger partial charge in [-0.15, -0.1) is 0 Å². The molecule has 1 spiro atoms. The largest absolute Gasteiger partial charge is 0.351 e. The average molecular weight is 378 g/mol. The van der Waals surface area contributed by atoms with Crippen LogP contribution in [0.3, 0.4) is 0 Å². The highest BCUT2D eigenvalue weighted by Crippen LogP contribution is 2.42. The molecule has 1 atom stereocenters. The summed E-state index contributed by atoms with van der Waals surface area (Å²) in [7, 11) is 0. The highest BCUT2D eigenvalue weighted by atomic mass is 16.2. The van der Waals surface area contributed by atoms with Crippen LogP contribution in [0.5, 0.6) is 0 Å². The predicted octanol–water partition coefficient (Wildman–Crippen LogP) is 2.79. The van der Waals surface area contributed by atoms with Crippen molar-refractivity contribution in [1.29, 1.82) is 0 Å². The van der Waals surface area contributed by atoms with Crippen LogP contribution < -0.4 is 10.6 Å². The van der Waals surface area contributed by atoms with Crippen molar-refractivity contribution in [3.05, 3.63) is 66.2 Å². The van der Waals surface area contributed by atoms with Crippen LogP contribution in [0.15, 0.2) is 60.7 Å². The number of likely N-dealkylation sites (tertiary alicyclic amines) is 1. The lowest BCUT2D eigenvalue weighted by Crippen LogP contribution is -2.57. The van der Waals surface area contributed by atoms with Gasteiger partial charge in [0.25, 0.3) is 5.91 Å². The average Bonchev–Trinajstić information content (AvgIpc) is 2.92. The number of primary amides is 1. The Balaban J connectivity index is 1.60. The van der Waals surface area contributed by atoms with Crippen LogP contribution in [-0.4, -0.2) is 46.5 Å². The molecule has 0 saturated carbocycles. The molecule has 2 aromatic carbocycles. The number of hydrogen-bond donors (Lipinski definition) is 1. The molecule has 3 amide bonds. The SMILES string of the molecule is CC1N(C(N)=O)C(=O)C2(CCN(Cc3ccccc3)CC2)N1c1ccccc1. The van der Waals surface area contributed by atoms with E-state index in [0.29, 0.717) is 12.8 Å². The predicted molar refractivity (Wildman–Crippen MR) is 108 cm³/mol. The summed E-state index contributed by atoms with van der Waals surface area (Å²) in [4.78, 5) is 31.1. The summed E-state index contributed by atoms with van der Waals surface area (Å²) >= 11 is 0. The summed E-state index contributed by atoms with van der Waals surface area (Å²) < 4.78 is 0. The number of nitrogens with zero attached hydrogens (tertiary/aromatic N) is 3. The van der Waals surface area contributed by atoms with Gasteiger partial charge < -0.3 is 10.6 Å². The van der Waals surface area contributed by atoms with E-state index in [4.69, 9.17) is 5.73 Å². The van der Waals surface area contributed by atoms with Crippen LogP contribution in [0.1, 0.15) is 25.3 Å².